The quantitative estimate of drug-likeness (QED) is 0.687. The zero-order valence-corrected chi connectivity index (χ0v) is 14.8. The van der Waals surface area contributed by atoms with Crippen LogP contribution in [0.5, 0.6) is 5.75 Å². The van der Waals surface area contributed by atoms with Gasteiger partial charge in [0.15, 0.2) is 5.69 Å². The minimum absolute atomic E-state index is 0.210. The number of benzene rings is 2. The number of rotatable bonds is 6. The van der Waals surface area contributed by atoms with Crippen LogP contribution in [-0.4, -0.2) is 23.2 Å². The third-order valence-corrected chi connectivity index (χ3v) is 3.92. The second-order valence-corrected chi connectivity index (χ2v) is 5.85. The van der Waals surface area contributed by atoms with Gasteiger partial charge in [0.05, 0.1) is 12.1 Å². The third kappa shape index (κ3) is 4.49. The predicted molar refractivity (Wildman–Crippen MR) is 102 cm³/mol. The van der Waals surface area contributed by atoms with Gasteiger partial charge in [-0.05, 0) is 35.9 Å². The minimum atomic E-state index is -0.367. The van der Waals surface area contributed by atoms with Gasteiger partial charge in [-0.1, -0.05) is 41.9 Å². The van der Waals surface area contributed by atoms with Gasteiger partial charge >= 0.3 is 0 Å². The van der Waals surface area contributed by atoms with Crippen LogP contribution in [0.15, 0.2) is 60.7 Å². The van der Waals surface area contributed by atoms with Gasteiger partial charge in [0.1, 0.15) is 11.6 Å². The number of hydrogen-bond donors (Lipinski definition) is 2. The molecule has 0 fully saturated rings. The van der Waals surface area contributed by atoms with Crippen molar-refractivity contribution in [3.05, 3.63) is 76.9 Å². The van der Waals surface area contributed by atoms with E-state index in [0.29, 0.717) is 28.8 Å². The van der Waals surface area contributed by atoms with E-state index in [4.69, 9.17) is 16.3 Å². The average Bonchev–Trinajstić information content (AvgIpc) is 2.68. The first-order valence-electron chi connectivity index (χ1n) is 7.92. The Bertz CT molecular complexity index is 886. The number of methoxy groups -OCH3 is 1. The van der Waals surface area contributed by atoms with Crippen molar-refractivity contribution >= 4 is 29.0 Å². The zero-order valence-electron chi connectivity index (χ0n) is 14.1. The molecule has 0 saturated carbocycles. The van der Waals surface area contributed by atoms with Crippen LogP contribution in [0.25, 0.3) is 0 Å². The molecular formula is C19H17ClN4O2. The van der Waals surface area contributed by atoms with Crippen molar-refractivity contribution in [1.29, 1.82) is 0 Å². The molecule has 2 N–H and O–H groups in total. The summed E-state index contributed by atoms with van der Waals surface area (Å²) in [6, 6.07) is 18.3. The lowest BCUT2D eigenvalue weighted by Gasteiger charge is -2.08. The van der Waals surface area contributed by atoms with Crippen LogP contribution in [-0.2, 0) is 6.54 Å². The summed E-state index contributed by atoms with van der Waals surface area (Å²) in [4.78, 5) is 12.3. The van der Waals surface area contributed by atoms with E-state index in [1.807, 2.05) is 30.3 Å². The van der Waals surface area contributed by atoms with Gasteiger partial charge in [-0.25, -0.2) is 0 Å². The van der Waals surface area contributed by atoms with E-state index in [9.17, 15) is 4.79 Å². The number of carbonyl (C=O) groups excluding carboxylic acids is 1. The standard InChI is InChI=1S/C19H17ClN4O2/c1-26-17-9-7-14(11-15(17)20)22-19(25)16-8-10-18(24-23-16)21-12-13-5-3-2-4-6-13/h2-11H,12H2,1H3,(H,21,24)(H,22,25). The molecule has 0 radical (unpaired) electrons. The van der Waals surface area contributed by atoms with Gasteiger partial charge in [0.25, 0.3) is 5.91 Å². The van der Waals surface area contributed by atoms with Gasteiger partial charge < -0.3 is 15.4 Å². The molecule has 0 aliphatic carbocycles. The summed E-state index contributed by atoms with van der Waals surface area (Å²) in [5, 5.41) is 14.3. The highest BCUT2D eigenvalue weighted by atomic mass is 35.5. The SMILES string of the molecule is COc1ccc(NC(=O)c2ccc(NCc3ccccc3)nn2)cc1Cl. The fraction of sp³-hybridized carbons (Fsp3) is 0.105. The van der Waals surface area contributed by atoms with Crippen molar-refractivity contribution < 1.29 is 9.53 Å². The van der Waals surface area contributed by atoms with E-state index in [2.05, 4.69) is 20.8 Å². The molecule has 3 aromatic rings. The van der Waals surface area contributed by atoms with Crippen LogP contribution in [0.4, 0.5) is 11.5 Å². The Balaban J connectivity index is 1.60. The summed E-state index contributed by atoms with van der Waals surface area (Å²) in [7, 11) is 1.53. The van der Waals surface area contributed by atoms with Crippen molar-refractivity contribution in [2.45, 2.75) is 6.54 Å². The molecule has 6 nitrogen and oxygen atoms in total. The molecule has 2 aromatic carbocycles. The number of hydrogen-bond acceptors (Lipinski definition) is 5. The largest absolute Gasteiger partial charge is 0.495 e. The lowest BCUT2D eigenvalue weighted by Crippen LogP contribution is -2.15. The molecule has 1 amide bonds. The number of halogens is 1. The van der Waals surface area contributed by atoms with Crippen molar-refractivity contribution in [3.8, 4) is 5.75 Å². The van der Waals surface area contributed by atoms with E-state index in [1.165, 1.54) is 7.11 Å². The average molecular weight is 369 g/mol. The zero-order chi connectivity index (χ0) is 18.4. The molecule has 7 heteroatoms. The smallest absolute Gasteiger partial charge is 0.276 e. The molecule has 0 aliphatic rings. The maximum atomic E-state index is 12.3. The van der Waals surface area contributed by atoms with Gasteiger partial charge in [-0.15, -0.1) is 10.2 Å². The number of nitrogens with zero attached hydrogens (tertiary/aromatic N) is 2. The van der Waals surface area contributed by atoms with Crippen LogP contribution in [0, 0.1) is 0 Å². The molecule has 1 heterocycles. The summed E-state index contributed by atoms with van der Waals surface area (Å²) >= 11 is 6.05. The molecular weight excluding hydrogens is 352 g/mol. The molecule has 1 aromatic heterocycles. The summed E-state index contributed by atoms with van der Waals surface area (Å²) in [6.45, 7) is 0.630. The van der Waals surface area contributed by atoms with Crippen molar-refractivity contribution in [2.75, 3.05) is 17.7 Å². The number of ether oxygens (including phenoxy) is 1. The number of amides is 1. The molecule has 0 bridgehead atoms. The van der Waals surface area contributed by atoms with Crippen LogP contribution >= 0.6 is 11.6 Å². The van der Waals surface area contributed by atoms with Gasteiger partial charge in [0, 0.05) is 12.2 Å². The van der Waals surface area contributed by atoms with E-state index in [1.54, 1.807) is 30.3 Å². The molecule has 0 unspecified atom stereocenters. The monoisotopic (exact) mass is 368 g/mol. The normalized spacial score (nSPS) is 10.2. The van der Waals surface area contributed by atoms with Crippen LogP contribution in [0.2, 0.25) is 5.02 Å². The van der Waals surface area contributed by atoms with E-state index >= 15 is 0 Å². The highest BCUT2D eigenvalue weighted by Crippen LogP contribution is 2.27. The Morgan fingerprint density at radius 2 is 1.88 bits per heavy atom. The van der Waals surface area contributed by atoms with Gasteiger partial charge in [-0.2, -0.15) is 0 Å². The van der Waals surface area contributed by atoms with E-state index in [0.717, 1.165) is 5.56 Å². The summed E-state index contributed by atoms with van der Waals surface area (Å²) in [5.74, 6) is 0.768. The summed E-state index contributed by atoms with van der Waals surface area (Å²) in [6.07, 6.45) is 0. The molecule has 0 aliphatic heterocycles. The Hall–Kier alpha value is -3.12. The lowest BCUT2D eigenvalue weighted by molar-refractivity contribution is 0.102. The number of nitrogens with one attached hydrogen (secondary N) is 2. The lowest BCUT2D eigenvalue weighted by atomic mass is 10.2. The highest BCUT2D eigenvalue weighted by Gasteiger charge is 2.10. The van der Waals surface area contributed by atoms with Crippen molar-refractivity contribution in [2.24, 2.45) is 0 Å². The van der Waals surface area contributed by atoms with Crippen molar-refractivity contribution in [1.82, 2.24) is 10.2 Å². The molecule has 0 spiro atoms. The van der Waals surface area contributed by atoms with E-state index < -0.39 is 0 Å². The van der Waals surface area contributed by atoms with Crippen LogP contribution in [0.1, 0.15) is 16.1 Å². The first kappa shape index (κ1) is 17.7. The minimum Gasteiger partial charge on any atom is -0.495 e. The number of aromatic nitrogens is 2. The summed E-state index contributed by atoms with van der Waals surface area (Å²) in [5.41, 5.74) is 1.89. The number of carbonyl (C=O) groups is 1. The number of anilines is 2. The maximum absolute atomic E-state index is 12.3. The Labute approximate surface area is 156 Å². The molecule has 0 atom stereocenters. The fourth-order valence-electron chi connectivity index (χ4n) is 2.28. The third-order valence-electron chi connectivity index (χ3n) is 3.62. The van der Waals surface area contributed by atoms with E-state index in [-0.39, 0.29) is 11.6 Å². The first-order chi connectivity index (χ1) is 12.7. The van der Waals surface area contributed by atoms with Gasteiger partial charge in [-0.3, -0.25) is 4.79 Å². The van der Waals surface area contributed by atoms with Crippen LogP contribution in [0.3, 0.4) is 0 Å². The summed E-state index contributed by atoms with van der Waals surface area (Å²) < 4.78 is 5.08. The second-order valence-electron chi connectivity index (χ2n) is 5.45. The van der Waals surface area contributed by atoms with Gasteiger partial charge in [0.2, 0.25) is 0 Å². The maximum Gasteiger partial charge on any atom is 0.276 e. The highest BCUT2D eigenvalue weighted by molar-refractivity contribution is 6.32. The Morgan fingerprint density at radius 1 is 1.08 bits per heavy atom. The molecule has 3 rings (SSSR count). The predicted octanol–water partition coefficient (Wildman–Crippen LogP) is 4.00. The van der Waals surface area contributed by atoms with Crippen molar-refractivity contribution in [3.63, 3.8) is 0 Å². The first-order valence-corrected chi connectivity index (χ1v) is 8.30. The molecule has 0 saturated heterocycles. The Morgan fingerprint density at radius 3 is 2.54 bits per heavy atom. The molecule has 132 valence electrons. The Kier molecular flexibility index (Phi) is 5.66. The topological polar surface area (TPSA) is 76.1 Å². The second kappa shape index (κ2) is 8.31. The fourth-order valence-corrected chi connectivity index (χ4v) is 2.53. The molecule has 26 heavy (non-hydrogen) atoms. The van der Waals surface area contributed by atoms with Crippen LogP contribution < -0.4 is 15.4 Å².